The van der Waals surface area contributed by atoms with Crippen molar-refractivity contribution in [3.05, 3.63) is 35.9 Å². The Hall–Kier alpha value is -0.820. The summed E-state index contributed by atoms with van der Waals surface area (Å²) >= 11 is 0. The Kier molecular flexibility index (Phi) is 6.10. The van der Waals surface area contributed by atoms with Crippen molar-refractivity contribution < 1.29 is 5.11 Å². The third-order valence-corrected chi connectivity index (χ3v) is 2.90. The molecule has 0 amide bonds. The molecule has 84 valence electrons. The minimum Gasteiger partial charge on any atom is -0.396 e. The molecule has 0 aliphatic heterocycles. The summed E-state index contributed by atoms with van der Waals surface area (Å²) in [5.41, 5.74) is 1.38. The second-order valence-corrected chi connectivity index (χ2v) is 4.12. The van der Waals surface area contributed by atoms with Crippen LogP contribution in [0.25, 0.3) is 0 Å². The summed E-state index contributed by atoms with van der Waals surface area (Å²) in [4.78, 5) is 0. The number of rotatable bonds is 7. The molecule has 1 heteroatoms. The lowest BCUT2D eigenvalue weighted by Gasteiger charge is -2.15. The van der Waals surface area contributed by atoms with Gasteiger partial charge < -0.3 is 5.11 Å². The molecule has 15 heavy (non-hydrogen) atoms. The van der Waals surface area contributed by atoms with Gasteiger partial charge in [0.1, 0.15) is 0 Å². The summed E-state index contributed by atoms with van der Waals surface area (Å²) < 4.78 is 0. The molecule has 0 radical (unpaired) electrons. The topological polar surface area (TPSA) is 20.2 Å². The molecular weight excluding hydrogens is 184 g/mol. The molecule has 0 aromatic heterocycles. The Morgan fingerprint density at radius 2 is 1.80 bits per heavy atom. The van der Waals surface area contributed by atoms with Crippen LogP contribution >= 0.6 is 0 Å². The highest BCUT2D eigenvalue weighted by Gasteiger charge is 2.09. The fourth-order valence-electron chi connectivity index (χ4n) is 2.00. The van der Waals surface area contributed by atoms with Gasteiger partial charge in [-0.15, -0.1) is 0 Å². The van der Waals surface area contributed by atoms with Crippen molar-refractivity contribution >= 4 is 0 Å². The smallest absolute Gasteiger partial charge is 0.0436 e. The molecule has 1 aromatic carbocycles. The van der Waals surface area contributed by atoms with Crippen molar-refractivity contribution in [1.29, 1.82) is 0 Å². The van der Waals surface area contributed by atoms with Crippen molar-refractivity contribution in [3.63, 3.8) is 0 Å². The fourth-order valence-corrected chi connectivity index (χ4v) is 2.00. The van der Waals surface area contributed by atoms with E-state index in [0.29, 0.717) is 12.5 Å². The molecule has 1 N–H and O–H groups in total. The number of hydrogen-bond acceptors (Lipinski definition) is 1. The van der Waals surface area contributed by atoms with Gasteiger partial charge in [-0.25, -0.2) is 0 Å². The maximum Gasteiger partial charge on any atom is 0.0436 e. The Balaban J connectivity index is 2.50. The van der Waals surface area contributed by atoms with Crippen LogP contribution in [-0.4, -0.2) is 11.7 Å². The SMILES string of the molecule is CCCCCC(CCO)c1ccccc1. The summed E-state index contributed by atoms with van der Waals surface area (Å²) in [5, 5.41) is 9.05. The van der Waals surface area contributed by atoms with Crippen molar-refractivity contribution in [2.45, 2.75) is 44.9 Å². The Morgan fingerprint density at radius 3 is 2.40 bits per heavy atom. The van der Waals surface area contributed by atoms with Crippen LogP contribution in [-0.2, 0) is 0 Å². The molecule has 0 heterocycles. The zero-order valence-electron chi connectivity index (χ0n) is 9.65. The molecule has 1 nitrogen and oxygen atoms in total. The van der Waals surface area contributed by atoms with Crippen LogP contribution in [0, 0.1) is 0 Å². The van der Waals surface area contributed by atoms with Crippen molar-refractivity contribution in [2.75, 3.05) is 6.61 Å². The Morgan fingerprint density at radius 1 is 1.07 bits per heavy atom. The standard InChI is InChI=1S/C14H22O/c1-2-3-5-8-14(11-12-15)13-9-6-4-7-10-13/h4,6-7,9-10,14-15H,2-3,5,8,11-12H2,1H3. The highest BCUT2D eigenvalue weighted by molar-refractivity contribution is 5.19. The molecule has 0 saturated carbocycles. The van der Waals surface area contributed by atoms with Crippen LogP contribution in [0.15, 0.2) is 30.3 Å². The van der Waals surface area contributed by atoms with E-state index in [9.17, 15) is 0 Å². The fraction of sp³-hybridized carbons (Fsp3) is 0.571. The number of aliphatic hydroxyl groups is 1. The van der Waals surface area contributed by atoms with Crippen molar-refractivity contribution in [3.8, 4) is 0 Å². The number of benzene rings is 1. The van der Waals surface area contributed by atoms with Crippen molar-refractivity contribution in [2.24, 2.45) is 0 Å². The van der Waals surface area contributed by atoms with Crippen LogP contribution in [0.4, 0.5) is 0 Å². The summed E-state index contributed by atoms with van der Waals surface area (Å²) in [5.74, 6) is 0.544. The minimum absolute atomic E-state index is 0.297. The molecule has 1 aromatic rings. The summed E-state index contributed by atoms with van der Waals surface area (Å²) in [7, 11) is 0. The van der Waals surface area contributed by atoms with Gasteiger partial charge in [-0.2, -0.15) is 0 Å². The largest absolute Gasteiger partial charge is 0.396 e. The lowest BCUT2D eigenvalue weighted by molar-refractivity contribution is 0.271. The van der Waals surface area contributed by atoms with Crippen LogP contribution < -0.4 is 0 Å². The van der Waals surface area contributed by atoms with Gasteiger partial charge in [0.05, 0.1) is 0 Å². The third kappa shape index (κ3) is 4.48. The van der Waals surface area contributed by atoms with E-state index in [1.165, 1.54) is 31.2 Å². The Bertz CT molecular complexity index is 243. The molecule has 0 aliphatic carbocycles. The highest BCUT2D eigenvalue weighted by atomic mass is 16.3. The molecular formula is C14H22O. The van der Waals surface area contributed by atoms with Crippen LogP contribution in [0.1, 0.15) is 50.5 Å². The monoisotopic (exact) mass is 206 g/mol. The Labute approximate surface area is 93.1 Å². The lowest BCUT2D eigenvalue weighted by Crippen LogP contribution is -2.01. The molecule has 0 aliphatic rings. The van der Waals surface area contributed by atoms with E-state index in [1.807, 2.05) is 6.07 Å². The highest BCUT2D eigenvalue weighted by Crippen LogP contribution is 2.25. The van der Waals surface area contributed by atoms with Gasteiger partial charge in [0, 0.05) is 6.61 Å². The molecule has 1 unspecified atom stereocenters. The predicted molar refractivity (Wildman–Crippen MR) is 65.0 cm³/mol. The zero-order chi connectivity index (χ0) is 10.9. The lowest BCUT2D eigenvalue weighted by atomic mass is 9.91. The zero-order valence-corrected chi connectivity index (χ0v) is 9.65. The first-order chi connectivity index (χ1) is 7.38. The summed E-state index contributed by atoms with van der Waals surface area (Å²) in [6.45, 7) is 2.52. The van der Waals surface area contributed by atoms with Gasteiger partial charge in [-0.1, -0.05) is 56.5 Å². The minimum atomic E-state index is 0.297. The van der Waals surface area contributed by atoms with E-state index in [0.717, 1.165) is 6.42 Å². The van der Waals surface area contributed by atoms with E-state index < -0.39 is 0 Å². The first-order valence-electron chi connectivity index (χ1n) is 6.04. The predicted octanol–water partition coefficient (Wildman–Crippen LogP) is 3.73. The van der Waals surface area contributed by atoms with Gasteiger partial charge in [0.25, 0.3) is 0 Å². The maximum absolute atomic E-state index is 9.05. The molecule has 0 spiro atoms. The molecule has 1 atom stereocenters. The average Bonchev–Trinajstić information content (AvgIpc) is 2.29. The van der Waals surface area contributed by atoms with Crippen molar-refractivity contribution in [1.82, 2.24) is 0 Å². The van der Waals surface area contributed by atoms with E-state index in [2.05, 4.69) is 31.2 Å². The quantitative estimate of drug-likeness (QED) is 0.674. The first kappa shape index (κ1) is 12.3. The van der Waals surface area contributed by atoms with Crippen LogP contribution in [0.5, 0.6) is 0 Å². The maximum atomic E-state index is 9.05. The number of unbranched alkanes of at least 4 members (excludes halogenated alkanes) is 2. The number of aliphatic hydroxyl groups excluding tert-OH is 1. The van der Waals surface area contributed by atoms with Gasteiger partial charge >= 0.3 is 0 Å². The summed E-state index contributed by atoms with van der Waals surface area (Å²) in [6.07, 6.45) is 5.94. The van der Waals surface area contributed by atoms with E-state index >= 15 is 0 Å². The van der Waals surface area contributed by atoms with E-state index in [1.54, 1.807) is 0 Å². The first-order valence-corrected chi connectivity index (χ1v) is 6.04. The van der Waals surface area contributed by atoms with E-state index in [-0.39, 0.29) is 0 Å². The second-order valence-electron chi connectivity index (χ2n) is 4.12. The normalized spacial score (nSPS) is 12.7. The van der Waals surface area contributed by atoms with Crippen LogP contribution in [0.3, 0.4) is 0 Å². The van der Waals surface area contributed by atoms with Crippen LogP contribution in [0.2, 0.25) is 0 Å². The molecule has 0 bridgehead atoms. The average molecular weight is 206 g/mol. The van der Waals surface area contributed by atoms with E-state index in [4.69, 9.17) is 5.11 Å². The second kappa shape index (κ2) is 7.47. The summed E-state index contributed by atoms with van der Waals surface area (Å²) in [6, 6.07) is 10.6. The van der Waals surface area contributed by atoms with Gasteiger partial charge in [-0.3, -0.25) is 0 Å². The van der Waals surface area contributed by atoms with Gasteiger partial charge in [0.15, 0.2) is 0 Å². The van der Waals surface area contributed by atoms with Gasteiger partial charge in [-0.05, 0) is 24.3 Å². The molecule has 0 fully saturated rings. The van der Waals surface area contributed by atoms with Gasteiger partial charge in [0.2, 0.25) is 0 Å². The molecule has 1 rings (SSSR count). The molecule has 0 saturated heterocycles. The number of hydrogen-bond donors (Lipinski definition) is 1. The third-order valence-electron chi connectivity index (χ3n) is 2.90.